The first-order valence-electron chi connectivity index (χ1n) is 22.1. The molecule has 1 aromatic heterocycles. The molecule has 4 saturated carbocycles. The normalized spacial score (nSPS) is 35.6. The van der Waals surface area contributed by atoms with Gasteiger partial charge in [0.1, 0.15) is 11.9 Å². The fourth-order valence-electron chi connectivity index (χ4n) is 13.8. The van der Waals surface area contributed by atoms with E-state index in [1.54, 1.807) is 26.2 Å². The van der Waals surface area contributed by atoms with Crippen LogP contribution in [0.5, 0.6) is 0 Å². The molecule has 0 unspecified atom stereocenters. The molecular weight excluding hydrogens is 752 g/mol. The Morgan fingerprint density at radius 3 is 2.19 bits per heavy atom. The number of carbonyl (C=O) groups is 3. The van der Waals surface area contributed by atoms with E-state index in [0.29, 0.717) is 42.2 Å². The number of rotatable bonds is 13. The number of aliphatic hydroxyl groups is 1. The third-order valence-electron chi connectivity index (χ3n) is 17.3. The molecule has 1 aromatic rings. The number of likely N-dealkylation sites (N-methyl/N-ethyl adjacent to an activating group) is 1. The van der Waals surface area contributed by atoms with Crippen LogP contribution in [0.4, 0.5) is 0 Å². The number of halogens is 1. The molecule has 324 valence electrons. The van der Waals surface area contributed by atoms with Crippen molar-refractivity contribution in [1.29, 1.82) is 0 Å². The maximum absolute atomic E-state index is 14.4. The standard InChI is InChI=1S/C47H73ClN4O6/c1-28(2)38-32(53)23-47(35(54)27-52(22-21-51(11)12)29(3)40-49-25-30(48)26-50-40)20-19-45(9)31(39(38)47)13-14-34-44(8)17-16-36(58-37(55)24-42(4,5)41(56)57)43(6,7)33(44)15-18-46(34,45)10/h25-26,28-29,31,33-36,54H,13-24,27H2,1-12H3,(H,56,57)/t29-,31+,33-,34+,35-,36-,44-,45+,46+,47-/m0/s1. The van der Waals surface area contributed by atoms with Crippen molar-refractivity contribution in [3.8, 4) is 0 Å². The molecule has 0 radical (unpaired) electrons. The van der Waals surface area contributed by atoms with E-state index in [1.807, 2.05) is 0 Å². The van der Waals surface area contributed by atoms with Crippen molar-refractivity contribution >= 4 is 29.3 Å². The highest BCUT2D eigenvalue weighted by Crippen LogP contribution is 2.77. The van der Waals surface area contributed by atoms with Crippen LogP contribution in [0.15, 0.2) is 23.5 Å². The predicted molar refractivity (Wildman–Crippen MR) is 227 cm³/mol. The number of fused-ring (bicyclic) bond motifs is 7. The average molecular weight is 826 g/mol. The number of Topliss-reactive ketones (excluding diaryl/α,β-unsaturated/α-hetero) is 1. The highest BCUT2D eigenvalue weighted by Gasteiger charge is 2.71. The quantitative estimate of drug-likeness (QED) is 0.186. The number of carbonyl (C=O) groups excluding carboxylic acids is 2. The van der Waals surface area contributed by atoms with Gasteiger partial charge in [0, 0.05) is 49.3 Å². The number of hydrogen-bond donors (Lipinski definition) is 2. The van der Waals surface area contributed by atoms with Crippen LogP contribution >= 0.6 is 11.6 Å². The lowest BCUT2D eigenvalue weighted by Crippen LogP contribution is -2.66. The molecule has 2 N–H and O–H groups in total. The molecule has 0 aliphatic heterocycles. The van der Waals surface area contributed by atoms with Crippen molar-refractivity contribution < 1.29 is 29.3 Å². The number of aliphatic carboxylic acids is 1. The number of ether oxygens (including phenoxy) is 1. The van der Waals surface area contributed by atoms with Crippen molar-refractivity contribution in [2.75, 3.05) is 33.7 Å². The minimum atomic E-state index is -1.18. The Kier molecular flexibility index (Phi) is 12.3. The highest BCUT2D eigenvalue weighted by atomic mass is 35.5. The molecule has 10 atom stereocenters. The zero-order valence-corrected chi connectivity index (χ0v) is 38.3. The topological polar surface area (TPSA) is 133 Å². The molecule has 0 amide bonds. The second-order valence-electron chi connectivity index (χ2n) is 21.8. The summed E-state index contributed by atoms with van der Waals surface area (Å²) in [6, 6.07) is -0.157. The average Bonchev–Trinajstić information content (AvgIpc) is 3.44. The summed E-state index contributed by atoms with van der Waals surface area (Å²) in [5.41, 5.74) is 0.184. The lowest BCUT2D eigenvalue weighted by molar-refractivity contribution is -0.235. The van der Waals surface area contributed by atoms with Gasteiger partial charge in [0.15, 0.2) is 5.78 Å². The Morgan fingerprint density at radius 2 is 1.59 bits per heavy atom. The molecule has 10 nitrogen and oxygen atoms in total. The highest BCUT2D eigenvalue weighted by molar-refractivity contribution is 6.30. The van der Waals surface area contributed by atoms with Crippen LogP contribution < -0.4 is 0 Å². The van der Waals surface area contributed by atoms with E-state index >= 15 is 0 Å². The maximum Gasteiger partial charge on any atom is 0.309 e. The van der Waals surface area contributed by atoms with E-state index in [4.69, 9.17) is 16.3 Å². The molecule has 58 heavy (non-hydrogen) atoms. The summed E-state index contributed by atoms with van der Waals surface area (Å²) in [4.78, 5) is 52.9. The monoisotopic (exact) mass is 825 g/mol. The minimum Gasteiger partial charge on any atom is -0.481 e. The number of ketones is 1. The van der Waals surface area contributed by atoms with Gasteiger partial charge in [0.2, 0.25) is 0 Å². The fourth-order valence-corrected chi connectivity index (χ4v) is 13.9. The Hall–Kier alpha value is -2.40. The van der Waals surface area contributed by atoms with E-state index < -0.39 is 28.9 Å². The minimum absolute atomic E-state index is 0.0162. The van der Waals surface area contributed by atoms with Crippen LogP contribution in [0.25, 0.3) is 0 Å². The summed E-state index contributed by atoms with van der Waals surface area (Å²) in [6.07, 6.45) is 10.1. The maximum atomic E-state index is 14.4. The van der Waals surface area contributed by atoms with Crippen molar-refractivity contribution in [1.82, 2.24) is 19.8 Å². The van der Waals surface area contributed by atoms with Gasteiger partial charge in [0.05, 0.1) is 29.0 Å². The van der Waals surface area contributed by atoms with Gasteiger partial charge in [-0.05, 0) is 132 Å². The van der Waals surface area contributed by atoms with Gasteiger partial charge in [-0.3, -0.25) is 19.3 Å². The van der Waals surface area contributed by atoms with E-state index in [1.165, 1.54) is 5.57 Å². The Morgan fingerprint density at radius 1 is 0.931 bits per heavy atom. The molecule has 0 bridgehead atoms. The Balaban J connectivity index is 1.30. The van der Waals surface area contributed by atoms with Crippen LogP contribution in [0.1, 0.15) is 145 Å². The second kappa shape index (κ2) is 15.8. The number of allylic oxidation sites excluding steroid dienone is 1. The first-order chi connectivity index (χ1) is 26.9. The number of aliphatic hydroxyl groups excluding tert-OH is 1. The SMILES string of the molecule is CC(C)C1=C2[C@H]3CC[C@@H]4[C@@]5(C)CC[C@H](OC(=O)CC(C)(C)C(=O)O)C(C)(C)[C@@H]5CC[C@@]4(C)[C@]3(C)CC[C@@]2([C@@H](O)CN(CCN(C)C)[C@@H](C)c2ncc(Cl)cn2)CC1=O. The van der Waals surface area contributed by atoms with Gasteiger partial charge < -0.3 is 19.8 Å². The number of carboxylic acids is 1. The van der Waals surface area contributed by atoms with Gasteiger partial charge in [0.25, 0.3) is 0 Å². The molecule has 5 aliphatic carbocycles. The summed E-state index contributed by atoms with van der Waals surface area (Å²) >= 11 is 6.16. The molecule has 0 aromatic carbocycles. The van der Waals surface area contributed by atoms with E-state index in [0.717, 1.165) is 63.5 Å². The van der Waals surface area contributed by atoms with Crippen LogP contribution in [0.3, 0.4) is 0 Å². The summed E-state index contributed by atoms with van der Waals surface area (Å²) in [5, 5.41) is 22.9. The molecule has 11 heteroatoms. The molecule has 0 spiro atoms. The van der Waals surface area contributed by atoms with Crippen LogP contribution in [-0.4, -0.2) is 93.6 Å². The van der Waals surface area contributed by atoms with E-state index in [9.17, 15) is 24.6 Å². The van der Waals surface area contributed by atoms with Gasteiger partial charge in [-0.15, -0.1) is 0 Å². The van der Waals surface area contributed by atoms with Crippen molar-refractivity contribution in [3.05, 3.63) is 34.4 Å². The number of esters is 1. The van der Waals surface area contributed by atoms with Gasteiger partial charge in [-0.25, -0.2) is 9.97 Å². The molecule has 6 rings (SSSR count). The number of aromatic nitrogens is 2. The lowest BCUT2D eigenvalue weighted by atomic mass is 9.33. The fraction of sp³-hybridized carbons (Fsp3) is 0.809. The third-order valence-corrected chi connectivity index (χ3v) is 17.5. The number of nitrogens with zero attached hydrogens (tertiary/aromatic N) is 4. The first-order valence-corrected chi connectivity index (χ1v) is 22.5. The van der Waals surface area contributed by atoms with Gasteiger partial charge in [-0.2, -0.15) is 0 Å². The van der Waals surface area contributed by atoms with Crippen molar-refractivity contribution in [2.24, 2.45) is 56.2 Å². The number of hydrogen-bond acceptors (Lipinski definition) is 9. The van der Waals surface area contributed by atoms with Crippen LogP contribution in [0, 0.1) is 56.2 Å². The van der Waals surface area contributed by atoms with Gasteiger partial charge in [-0.1, -0.05) is 65.6 Å². The van der Waals surface area contributed by atoms with Crippen molar-refractivity contribution in [3.63, 3.8) is 0 Å². The van der Waals surface area contributed by atoms with Crippen LogP contribution in [-0.2, 0) is 19.1 Å². The largest absolute Gasteiger partial charge is 0.481 e. The summed E-state index contributed by atoms with van der Waals surface area (Å²) < 4.78 is 6.20. The van der Waals surface area contributed by atoms with E-state index in [2.05, 4.69) is 89.3 Å². The summed E-state index contributed by atoms with van der Waals surface area (Å²) in [5.74, 6) is 0.541. The molecular formula is C47H73ClN4O6. The molecule has 0 saturated heterocycles. The lowest BCUT2D eigenvalue weighted by Gasteiger charge is -2.72. The second-order valence-corrected chi connectivity index (χ2v) is 22.2. The van der Waals surface area contributed by atoms with Crippen molar-refractivity contribution in [2.45, 2.75) is 152 Å². The molecule has 1 heterocycles. The molecule has 4 fully saturated rings. The molecule has 5 aliphatic rings. The third kappa shape index (κ3) is 7.40. The summed E-state index contributed by atoms with van der Waals surface area (Å²) in [6.45, 7) is 23.7. The first kappa shape index (κ1) is 45.1. The zero-order chi connectivity index (χ0) is 43.0. The Bertz CT molecular complexity index is 1780. The van der Waals surface area contributed by atoms with E-state index in [-0.39, 0.29) is 57.8 Å². The van der Waals surface area contributed by atoms with Crippen LogP contribution in [0.2, 0.25) is 5.02 Å². The zero-order valence-electron chi connectivity index (χ0n) is 37.6. The van der Waals surface area contributed by atoms with Gasteiger partial charge >= 0.3 is 11.9 Å². The summed E-state index contributed by atoms with van der Waals surface area (Å²) in [7, 11) is 4.12. The predicted octanol–water partition coefficient (Wildman–Crippen LogP) is 8.81. The number of carboxylic acid groups (broad SMARTS) is 1. The smallest absolute Gasteiger partial charge is 0.309 e. The Labute approximate surface area is 353 Å².